The molecule has 0 bridgehead atoms. The van der Waals surface area contributed by atoms with Crippen LogP contribution < -0.4 is 0 Å². The summed E-state index contributed by atoms with van der Waals surface area (Å²) < 4.78 is 0. The fraction of sp³-hybridized carbons (Fsp3) is 0.176. The van der Waals surface area contributed by atoms with Gasteiger partial charge in [-0.3, -0.25) is 0 Å². The Labute approximate surface area is 123 Å². The molecule has 20 heavy (non-hydrogen) atoms. The highest BCUT2D eigenvalue weighted by Gasteiger charge is 2.03. The van der Waals surface area contributed by atoms with Crippen molar-refractivity contribution in [2.45, 2.75) is 19.3 Å². The lowest BCUT2D eigenvalue weighted by molar-refractivity contribution is 0.802. The Kier molecular flexibility index (Phi) is 3.93. The molecule has 3 aromatic rings. The molecule has 0 atom stereocenters. The first-order chi connectivity index (χ1) is 9.83. The van der Waals surface area contributed by atoms with Crippen LogP contribution in [-0.2, 0) is 12.8 Å². The van der Waals surface area contributed by atoms with Gasteiger partial charge >= 0.3 is 0 Å². The number of hydrogen-bond acceptors (Lipinski definition) is 2. The lowest BCUT2D eigenvalue weighted by atomic mass is 10.0. The van der Waals surface area contributed by atoms with E-state index in [2.05, 4.69) is 28.2 Å². The van der Waals surface area contributed by atoms with Gasteiger partial charge in [0, 0.05) is 10.4 Å². The number of aromatic nitrogens is 2. The lowest BCUT2D eigenvalue weighted by Crippen LogP contribution is -1.95. The normalized spacial score (nSPS) is 10.8. The van der Waals surface area contributed by atoms with Crippen LogP contribution >= 0.6 is 11.6 Å². The molecule has 100 valence electrons. The van der Waals surface area contributed by atoms with Gasteiger partial charge in [0.1, 0.15) is 6.33 Å². The molecule has 0 saturated carbocycles. The largest absolute Gasteiger partial charge is 0.241 e. The average molecular weight is 283 g/mol. The van der Waals surface area contributed by atoms with Gasteiger partial charge in [0.05, 0.1) is 11.2 Å². The first kappa shape index (κ1) is 13.1. The molecule has 3 rings (SSSR count). The Morgan fingerprint density at radius 1 is 0.850 bits per heavy atom. The summed E-state index contributed by atoms with van der Waals surface area (Å²) in [6.45, 7) is 0. The van der Waals surface area contributed by atoms with Crippen LogP contribution in [0, 0.1) is 0 Å². The summed E-state index contributed by atoms with van der Waals surface area (Å²) in [5.41, 5.74) is 3.46. The lowest BCUT2D eigenvalue weighted by Gasteiger charge is -2.05. The molecule has 0 aliphatic heterocycles. The summed E-state index contributed by atoms with van der Waals surface area (Å²) in [6.07, 6.45) is 4.73. The molecule has 2 nitrogen and oxygen atoms in total. The smallest absolute Gasteiger partial charge is 0.116 e. The van der Waals surface area contributed by atoms with E-state index >= 15 is 0 Å². The maximum Gasteiger partial charge on any atom is 0.116 e. The molecular formula is C17H15ClN2. The molecule has 0 amide bonds. The van der Waals surface area contributed by atoms with Crippen molar-refractivity contribution in [1.82, 2.24) is 9.97 Å². The van der Waals surface area contributed by atoms with Crippen molar-refractivity contribution in [2.24, 2.45) is 0 Å². The molecule has 1 aromatic heterocycles. The van der Waals surface area contributed by atoms with Gasteiger partial charge in [-0.25, -0.2) is 9.97 Å². The molecule has 2 aromatic carbocycles. The van der Waals surface area contributed by atoms with Crippen LogP contribution in [0.1, 0.15) is 17.7 Å². The molecule has 1 heterocycles. The number of hydrogen-bond donors (Lipinski definition) is 0. The third-order valence-electron chi connectivity index (χ3n) is 3.42. The van der Waals surface area contributed by atoms with E-state index in [1.807, 2.05) is 30.3 Å². The van der Waals surface area contributed by atoms with E-state index in [9.17, 15) is 0 Å². The second-order valence-corrected chi connectivity index (χ2v) is 5.25. The summed E-state index contributed by atoms with van der Waals surface area (Å²) in [7, 11) is 0. The second-order valence-electron chi connectivity index (χ2n) is 4.82. The van der Waals surface area contributed by atoms with E-state index in [-0.39, 0.29) is 0 Å². The Balaban J connectivity index is 1.69. The van der Waals surface area contributed by atoms with Crippen LogP contribution in [0.3, 0.4) is 0 Å². The van der Waals surface area contributed by atoms with Gasteiger partial charge in [0.2, 0.25) is 0 Å². The summed E-state index contributed by atoms with van der Waals surface area (Å²) in [4.78, 5) is 8.71. The Morgan fingerprint density at radius 2 is 1.65 bits per heavy atom. The van der Waals surface area contributed by atoms with Gasteiger partial charge in [-0.05, 0) is 43.0 Å². The van der Waals surface area contributed by atoms with Crippen molar-refractivity contribution in [3.63, 3.8) is 0 Å². The summed E-state index contributed by atoms with van der Waals surface area (Å²) >= 11 is 5.89. The molecule has 0 unspecified atom stereocenters. The summed E-state index contributed by atoms with van der Waals surface area (Å²) in [6, 6.07) is 16.2. The fourth-order valence-electron chi connectivity index (χ4n) is 2.37. The molecule has 0 aliphatic carbocycles. The second kappa shape index (κ2) is 6.02. The van der Waals surface area contributed by atoms with Crippen molar-refractivity contribution in [2.75, 3.05) is 0 Å². The first-order valence-electron chi connectivity index (χ1n) is 6.76. The Morgan fingerprint density at radius 3 is 2.50 bits per heavy atom. The quantitative estimate of drug-likeness (QED) is 0.706. The SMILES string of the molecule is Clc1ccc(CCCc2ncnc3ccccc23)cc1. The third-order valence-corrected chi connectivity index (χ3v) is 3.67. The predicted octanol–water partition coefficient (Wildman–Crippen LogP) is 4.46. The van der Waals surface area contributed by atoms with E-state index in [1.54, 1.807) is 6.33 Å². The topological polar surface area (TPSA) is 25.8 Å². The highest BCUT2D eigenvalue weighted by Crippen LogP contribution is 2.17. The van der Waals surface area contributed by atoms with Crippen LogP contribution in [0.15, 0.2) is 54.9 Å². The zero-order valence-electron chi connectivity index (χ0n) is 11.1. The summed E-state index contributed by atoms with van der Waals surface area (Å²) in [5, 5.41) is 1.95. The zero-order valence-corrected chi connectivity index (χ0v) is 11.8. The van der Waals surface area contributed by atoms with E-state index < -0.39 is 0 Å². The van der Waals surface area contributed by atoms with Crippen LogP contribution in [0.2, 0.25) is 5.02 Å². The van der Waals surface area contributed by atoms with Gasteiger partial charge in [-0.15, -0.1) is 0 Å². The molecule has 0 fully saturated rings. The fourth-order valence-corrected chi connectivity index (χ4v) is 2.50. The minimum Gasteiger partial charge on any atom is -0.241 e. The molecule has 0 radical (unpaired) electrons. The van der Waals surface area contributed by atoms with Crippen molar-refractivity contribution in [3.8, 4) is 0 Å². The third kappa shape index (κ3) is 2.97. The average Bonchev–Trinajstić information content (AvgIpc) is 2.49. The number of rotatable bonds is 4. The highest BCUT2D eigenvalue weighted by molar-refractivity contribution is 6.30. The number of benzene rings is 2. The van der Waals surface area contributed by atoms with Crippen LogP contribution in [0.5, 0.6) is 0 Å². The van der Waals surface area contributed by atoms with Crippen LogP contribution in [-0.4, -0.2) is 9.97 Å². The molecular weight excluding hydrogens is 268 g/mol. The Bertz CT molecular complexity index is 702. The van der Waals surface area contributed by atoms with Gasteiger partial charge in [0.25, 0.3) is 0 Å². The minimum absolute atomic E-state index is 0.788. The first-order valence-corrected chi connectivity index (χ1v) is 7.14. The number of halogens is 1. The van der Waals surface area contributed by atoms with Gasteiger partial charge in [-0.1, -0.05) is 41.9 Å². The van der Waals surface area contributed by atoms with Gasteiger partial charge in [-0.2, -0.15) is 0 Å². The van der Waals surface area contributed by atoms with Gasteiger partial charge < -0.3 is 0 Å². The molecule has 0 saturated heterocycles. The minimum atomic E-state index is 0.788. The maximum absolute atomic E-state index is 5.89. The molecule has 0 N–H and O–H groups in total. The van der Waals surface area contributed by atoms with E-state index in [1.165, 1.54) is 5.56 Å². The van der Waals surface area contributed by atoms with E-state index in [0.29, 0.717) is 0 Å². The maximum atomic E-state index is 5.89. The van der Waals surface area contributed by atoms with Crippen LogP contribution in [0.25, 0.3) is 10.9 Å². The zero-order chi connectivity index (χ0) is 13.8. The van der Waals surface area contributed by atoms with Crippen LogP contribution in [0.4, 0.5) is 0 Å². The van der Waals surface area contributed by atoms with E-state index in [4.69, 9.17) is 11.6 Å². The molecule has 0 aliphatic rings. The van der Waals surface area contributed by atoms with Gasteiger partial charge in [0.15, 0.2) is 0 Å². The van der Waals surface area contributed by atoms with Crippen molar-refractivity contribution in [1.29, 1.82) is 0 Å². The molecule has 3 heteroatoms. The number of aryl methyl sites for hydroxylation is 2. The summed E-state index contributed by atoms with van der Waals surface area (Å²) in [5.74, 6) is 0. The number of nitrogens with zero attached hydrogens (tertiary/aromatic N) is 2. The number of fused-ring (bicyclic) bond motifs is 1. The number of para-hydroxylation sites is 1. The van der Waals surface area contributed by atoms with E-state index in [0.717, 1.165) is 40.9 Å². The highest BCUT2D eigenvalue weighted by atomic mass is 35.5. The standard InChI is InChI=1S/C17H15ClN2/c18-14-10-8-13(9-11-14)4-3-7-17-15-5-1-2-6-16(15)19-12-20-17/h1-2,5-6,8-12H,3-4,7H2. The molecule has 0 spiro atoms. The van der Waals surface area contributed by atoms with Crippen molar-refractivity contribution >= 4 is 22.5 Å². The predicted molar refractivity (Wildman–Crippen MR) is 83.0 cm³/mol. The Hall–Kier alpha value is -1.93. The monoisotopic (exact) mass is 282 g/mol. The van der Waals surface area contributed by atoms with Crippen molar-refractivity contribution < 1.29 is 0 Å². The van der Waals surface area contributed by atoms with Crippen molar-refractivity contribution in [3.05, 3.63) is 71.1 Å².